The van der Waals surface area contributed by atoms with Crippen LogP contribution in [0, 0.1) is 9.39 Å². The fraction of sp³-hybridized carbons (Fsp3) is 0. The summed E-state index contributed by atoms with van der Waals surface area (Å²) in [5.41, 5.74) is 5.56. The Balaban J connectivity index is 2.41. The van der Waals surface area contributed by atoms with Gasteiger partial charge < -0.3 is 15.5 Å². The highest BCUT2D eigenvalue weighted by atomic mass is 127. The van der Waals surface area contributed by atoms with E-state index in [1.54, 1.807) is 22.6 Å². The predicted octanol–water partition coefficient (Wildman–Crippen LogP) is 1.89. The fourth-order valence-corrected chi connectivity index (χ4v) is 1.54. The average molecular weight is 347 g/mol. The first-order valence-electron chi connectivity index (χ1n) is 4.54. The van der Waals surface area contributed by atoms with E-state index in [4.69, 9.17) is 10.5 Å². The lowest BCUT2D eigenvalue weighted by atomic mass is 10.3. The molecule has 0 fully saturated rings. The van der Waals surface area contributed by atoms with Crippen molar-refractivity contribution < 1.29 is 9.13 Å². The van der Waals surface area contributed by atoms with Crippen molar-refractivity contribution in [3.8, 4) is 11.6 Å². The predicted molar refractivity (Wildman–Crippen MR) is 68.5 cm³/mol. The fourth-order valence-electron chi connectivity index (χ4n) is 1.14. The van der Waals surface area contributed by atoms with E-state index < -0.39 is 5.82 Å². The Kier molecular flexibility index (Phi) is 3.27. The second-order valence-corrected chi connectivity index (χ2v) is 4.21. The Bertz CT molecular complexity index is 615. The van der Waals surface area contributed by atoms with Gasteiger partial charge in [-0.25, -0.2) is 9.37 Å². The molecule has 0 aliphatic carbocycles. The molecular weight excluding hydrogens is 340 g/mol. The topological polar surface area (TPSA) is 81.0 Å². The number of rotatable bonds is 2. The molecule has 17 heavy (non-hydrogen) atoms. The number of aromatic amines is 1. The van der Waals surface area contributed by atoms with Crippen LogP contribution in [0.1, 0.15) is 0 Å². The molecule has 1 aromatic heterocycles. The molecule has 0 aliphatic rings. The Labute approximate surface area is 109 Å². The van der Waals surface area contributed by atoms with E-state index in [1.807, 2.05) is 0 Å². The van der Waals surface area contributed by atoms with Crippen molar-refractivity contribution in [2.45, 2.75) is 0 Å². The first kappa shape index (κ1) is 11.8. The number of H-pyrrole nitrogens is 1. The number of hydrogen-bond acceptors (Lipinski definition) is 4. The lowest BCUT2D eigenvalue weighted by molar-refractivity contribution is 0.454. The molecule has 0 aliphatic heterocycles. The van der Waals surface area contributed by atoms with Gasteiger partial charge in [0.05, 0.1) is 12.0 Å². The van der Waals surface area contributed by atoms with E-state index in [9.17, 15) is 9.18 Å². The molecule has 0 saturated heterocycles. The van der Waals surface area contributed by atoms with Crippen molar-refractivity contribution >= 4 is 28.3 Å². The molecule has 1 heterocycles. The van der Waals surface area contributed by atoms with Gasteiger partial charge in [-0.3, -0.25) is 4.79 Å². The molecule has 0 atom stereocenters. The zero-order valence-electron chi connectivity index (χ0n) is 8.41. The SMILES string of the molecule is Nc1ccc(F)cc1Oc1nc[nH]c(=O)c1I. The summed E-state index contributed by atoms with van der Waals surface area (Å²) in [5.74, 6) is -0.262. The first-order chi connectivity index (χ1) is 8.08. The third-order valence-electron chi connectivity index (χ3n) is 1.95. The molecule has 0 radical (unpaired) electrons. The Morgan fingerprint density at radius 2 is 2.24 bits per heavy atom. The van der Waals surface area contributed by atoms with Crippen LogP contribution in [0.3, 0.4) is 0 Å². The highest BCUT2D eigenvalue weighted by Gasteiger charge is 2.10. The first-order valence-corrected chi connectivity index (χ1v) is 5.62. The number of ether oxygens (including phenoxy) is 1. The summed E-state index contributed by atoms with van der Waals surface area (Å²) in [7, 11) is 0. The molecule has 1 aromatic carbocycles. The van der Waals surface area contributed by atoms with Crippen LogP contribution in [0.25, 0.3) is 0 Å². The Hall–Kier alpha value is -1.64. The average Bonchev–Trinajstić information content (AvgIpc) is 2.30. The normalized spacial score (nSPS) is 10.2. The molecule has 5 nitrogen and oxygen atoms in total. The maximum atomic E-state index is 13.0. The van der Waals surface area contributed by atoms with Crippen molar-refractivity contribution in [3.05, 3.63) is 44.3 Å². The highest BCUT2D eigenvalue weighted by Crippen LogP contribution is 2.28. The molecule has 2 rings (SSSR count). The summed E-state index contributed by atoms with van der Waals surface area (Å²) < 4.78 is 18.6. The van der Waals surface area contributed by atoms with Crippen LogP contribution >= 0.6 is 22.6 Å². The monoisotopic (exact) mass is 347 g/mol. The summed E-state index contributed by atoms with van der Waals surface area (Å²) in [6, 6.07) is 3.73. The molecule has 7 heteroatoms. The number of anilines is 1. The quantitative estimate of drug-likeness (QED) is 0.642. The van der Waals surface area contributed by atoms with Crippen molar-refractivity contribution in [1.29, 1.82) is 0 Å². The minimum Gasteiger partial charge on any atom is -0.435 e. The van der Waals surface area contributed by atoms with Crippen LogP contribution in [0.15, 0.2) is 29.3 Å². The van der Waals surface area contributed by atoms with Crippen LogP contribution in [0.2, 0.25) is 0 Å². The second-order valence-electron chi connectivity index (χ2n) is 3.14. The molecule has 3 N–H and O–H groups in total. The van der Waals surface area contributed by atoms with E-state index >= 15 is 0 Å². The molecule has 2 aromatic rings. The number of benzene rings is 1. The molecule has 0 spiro atoms. The zero-order valence-corrected chi connectivity index (χ0v) is 10.6. The van der Waals surface area contributed by atoms with Gasteiger partial charge in [0.1, 0.15) is 9.39 Å². The van der Waals surface area contributed by atoms with Gasteiger partial charge >= 0.3 is 0 Å². The van der Waals surface area contributed by atoms with E-state index in [-0.39, 0.29) is 26.4 Å². The zero-order chi connectivity index (χ0) is 12.4. The number of nitrogens with zero attached hydrogens (tertiary/aromatic N) is 1. The maximum absolute atomic E-state index is 13.0. The number of nitrogen functional groups attached to an aromatic ring is 1. The lowest BCUT2D eigenvalue weighted by Crippen LogP contribution is -2.11. The van der Waals surface area contributed by atoms with Crippen LogP contribution in [-0.2, 0) is 0 Å². The third kappa shape index (κ3) is 2.54. The summed E-state index contributed by atoms with van der Waals surface area (Å²) in [5, 5.41) is 0. The van der Waals surface area contributed by atoms with Crippen molar-refractivity contribution in [2.24, 2.45) is 0 Å². The molecule has 0 unspecified atom stereocenters. The van der Waals surface area contributed by atoms with Gasteiger partial charge in [0.2, 0.25) is 5.88 Å². The van der Waals surface area contributed by atoms with E-state index in [0.717, 1.165) is 6.07 Å². The van der Waals surface area contributed by atoms with Crippen LogP contribution in [0.4, 0.5) is 10.1 Å². The van der Waals surface area contributed by atoms with Gasteiger partial charge in [0.25, 0.3) is 5.56 Å². The summed E-state index contributed by atoms with van der Waals surface area (Å²) in [4.78, 5) is 17.5. The standard InChI is InChI=1S/C10H7FIN3O2/c11-5-1-2-6(13)7(3-5)17-10-8(12)9(16)14-4-15-10/h1-4H,13H2,(H,14,15,16). The highest BCUT2D eigenvalue weighted by molar-refractivity contribution is 14.1. The number of hydrogen-bond donors (Lipinski definition) is 2. The van der Waals surface area contributed by atoms with Gasteiger partial charge in [-0.2, -0.15) is 0 Å². The number of aromatic nitrogens is 2. The third-order valence-corrected chi connectivity index (χ3v) is 2.90. The molecule has 0 bridgehead atoms. The van der Waals surface area contributed by atoms with Gasteiger partial charge in [-0.1, -0.05) is 0 Å². The van der Waals surface area contributed by atoms with Crippen LogP contribution < -0.4 is 16.0 Å². The number of halogens is 2. The summed E-state index contributed by atoms with van der Waals surface area (Å²) in [6.45, 7) is 0. The van der Waals surface area contributed by atoms with Crippen molar-refractivity contribution in [1.82, 2.24) is 9.97 Å². The van der Waals surface area contributed by atoms with Crippen LogP contribution in [-0.4, -0.2) is 9.97 Å². The second kappa shape index (κ2) is 4.70. The lowest BCUT2D eigenvalue weighted by Gasteiger charge is -2.08. The van der Waals surface area contributed by atoms with Gasteiger partial charge in [0, 0.05) is 6.07 Å². The smallest absolute Gasteiger partial charge is 0.268 e. The summed E-state index contributed by atoms with van der Waals surface area (Å²) in [6.07, 6.45) is 1.20. The largest absolute Gasteiger partial charge is 0.435 e. The van der Waals surface area contributed by atoms with Crippen molar-refractivity contribution in [2.75, 3.05) is 5.73 Å². The van der Waals surface area contributed by atoms with E-state index in [0.29, 0.717) is 0 Å². The maximum Gasteiger partial charge on any atom is 0.268 e. The molecular formula is C10H7FIN3O2. The summed E-state index contributed by atoms with van der Waals surface area (Å²) >= 11 is 1.79. The Morgan fingerprint density at radius 3 is 3.00 bits per heavy atom. The molecule has 0 amide bonds. The molecule has 88 valence electrons. The Morgan fingerprint density at radius 1 is 1.47 bits per heavy atom. The number of nitrogens with one attached hydrogen (secondary N) is 1. The van der Waals surface area contributed by atoms with E-state index in [1.165, 1.54) is 18.5 Å². The van der Waals surface area contributed by atoms with Gasteiger partial charge in [-0.05, 0) is 34.7 Å². The van der Waals surface area contributed by atoms with E-state index in [2.05, 4.69) is 9.97 Å². The molecule has 0 saturated carbocycles. The van der Waals surface area contributed by atoms with Gasteiger partial charge in [-0.15, -0.1) is 0 Å². The van der Waals surface area contributed by atoms with Crippen LogP contribution in [0.5, 0.6) is 11.6 Å². The number of nitrogens with two attached hydrogens (primary N) is 1. The van der Waals surface area contributed by atoms with Crippen molar-refractivity contribution in [3.63, 3.8) is 0 Å². The minimum atomic E-state index is -0.478. The minimum absolute atomic E-state index is 0.0895. The van der Waals surface area contributed by atoms with Gasteiger partial charge in [0.15, 0.2) is 5.75 Å².